The van der Waals surface area contributed by atoms with Crippen LogP contribution in [0, 0.1) is 11.3 Å². The molecule has 4 heterocycles. The largest absolute Gasteiger partial charge is 0.435 e. The molecule has 3 aromatic heterocycles. The normalized spacial score (nSPS) is 16.4. The number of likely N-dealkylation sites (N-methyl/N-ethyl adjacent to an activating group) is 1. The maximum atomic E-state index is 13.8. The Labute approximate surface area is 192 Å². The van der Waals surface area contributed by atoms with Crippen LogP contribution in [-0.4, -0.2) is 62.9 Å². The van der Waals surface area contributed by atoms with Gasteiger partial charge in [0.05, 0.1) is 0 Å². The number of aromatic nitrogens is 4. The molecular formula is C22H21F3N8O. The number of amides is 1. The molecule has 1 amide bonds. The number of pyridine rings is 1. The molecule has 34 heavy (non-hydrogen) atoms. The molecular weight excluding hydrogens is 449 g/mol. The Balaban J connectivity index is 2.02. The zero-order valence-electron chi connectivity index (χ0n) is 18.5. The second-order valence-electron chi connectivity index (χ2n) is 7.93. The van der Waals surface area contributed by atoms with Crippen molar-refractivity contribution in [2.24, 2.45) is 5.10 Å². The number of nitrogens with zero attached hydrogens (tertiary/aromatic N) is 7. The summed E-state index contributed by atoms with van der Waals surface area (Å²) in [6.07, 6.45) is 0.0390. The topological polar surface area (TPSA) is 106 Å². The lowest BCUT2D eigenvalue weighted by Gasteiger charge is -2.23. The number of hydrogen-bond acceptors (Lipinski definition) is 6. The van der Waals surface area contributed by atoms with Gasteiger partial charge in [0.2, 0.25) is 5.91 Å². The van der Waals surface area contributed by atoms with Crippen molar-refractivity contribution in [3.63, 3.8) is 0 Å². The fourth-order valence-corrected chi connectivity index (χ4v) is 3.95. The van der Waals surface area contributed by atoms with Crippen molar-refractivity contribution in [1.29, 1.82) is 5.26 Å². The summed E-state index contributed by atoms with van der Waals surface area (Å²) in [6, 6.07) is 3.74. The molecule has 176 valence electrons. The summed E-state index contributed by atoms with van der Waals surface area (Å²) in [4.78, 5) is 21.5. The fourth-order valence-electron chi connectivity index (χ4n) is 3.95. The van der Waals surface area contributed by atoms with E-state index in [9.17, 15) is 23.2 Å². The summed E-state index contributed by atoms with van der Waals surface area (Å²) in [5.74, 6) is -0.221. The molecule has 1 N–H and O–H groups in total. The number of H-pyrrole nitrogens is 1. The van der Waals surface area contributed by atoms with Gasteiger partial charge >= 0.3 is 6.18 Å². The molecule has 0 unspecified atom stereocenters. The van der Waals surface area contributed by atoms with Gasteiger partial charge in [-0.3, -0.25) is 14.5 Å². The maximum absolute atomic E-state index is 13.8. The first-order valence-corrected chi connectivity index (χ1v) is 10.3. The van der Waals surface area contributed by atoms with E-state index in [1.807, 2.05) is 0 Å². The Morgan fingerprint density at radius 2 is 2.15 bits per heavy atom. The van der Waals surface area contributed by atoms with Crippen molar-refractivity contribution >= 4 is 29.2 Å². The second kappa shape index (κ2) is 8.66. The average molecular weight is 470 g/mol. The van der Waals surface area contributed by atoms with Crippen molar-refractivity contribution in [2.75, 3.05) is 20.6 Å². The highest BCUT2D eigenvalue weighted by Gasteiger charge is 2.38. The summed E-state index contributed by atoms with van der Waals surface area (Å²) < 4.78 is 42.7. The van der Waals surface area contributed by atoms with E-state index < -0.39 is 11.9 Å². The summed E-state index contributed by atoms with van der Waals surface area (Å²) in [5, 5.41) is 19.1. The Morgan fingerprint density at radius 3 is 2.82 bits per heavy atom. The van der Waals surface area contributed by atoms with Crippen molar-refractivity contribution in [3.8, 4) is 17.2 Å². The molecule has 3 aromatic rings. The summed E-state index contributed by atoms with van der Waals surface area (Å²) in [6.45, 7) is 3.67. The molecule has 0 saturated carbocycles. The highest BCUT2D eigenvalue weighted by atomic mass is 19.4. The molecule has 0 fully saturated rings. The third kappa shape index (κ3) is 4.12. The highest BCUT2D eigenvalue weighted by Crippen LogP contribution is 2.39. The molecule has 0 aliphatic carbocycles. The Bertz CT molecular complexity index is 1340. The standard InChI is InChI=1S/C22H21F3N8O/c1-27-32(3)18(8-26)16-11-31(2)19(34)5-4-6-33-12-17(20(30-33)22(23,24)25)15-10-29-21-14(15)7-13(16)9-28-21/h7,9-10,12H,1,4-6,11H2,2-3H3,(H,28,29)/b18-16+. The van der Waals surface area contributed by atoms with E-state index in [1.54, 1.807) is 20.2 Å². The van der Waals surface area contributed by atoms with E-state index in [4.69, 9.17) is 0 Å². The van der Waals surface area contributed by atoms with Gasteiger partial charge in [0.1, 0.15) is 17.4 Å². The van der Waals surface area contributed by atoms with E-state index in [2.05, 4.69) is 33.0 Å². The van der Waals surface area contributed by atoms with Gasteiger partial charge < -0.3 is 9.88 Å². The van der Waals surface area contributed by atoms with Gasteiger partial charge in [-0.25, -0.2) is 4.98 Å². The first-order chi connectivity index (χ1) is 16.1. The Hall–Kier alpha value is -4.14. The van der Waals surface area contributed by atoms with Crippen molar-refractivity contribution in [1.82, 2.24) is 29.7 Å². The molecule has 0 radical (unpaired) electrons. The third-order valence-electron chi connectivity index (χ3n) is 5.73. The van der Waals surface area contributed by atoms with Gasteiger partial charge in [0, 0.05) is 86.6 Å². The number of hydrogen-bond donors (Lipinski definition) is 1. The van der Waals surface area contributed by atoms with Crippen LogP contribution in [-0.2, 0) is 17.5 Å². The summed E-state index contributed by atoms with van der Waals surface area (Å²) in [7, 11) is 3.15. The van der Waals surface area contributed by atoms with Crippen LogP contribution in [0.4, 0.5) is 13.2 Å². The number of aryl methyl sites for hydroxylation is 1. The number of carbonyl (C=O) groups is 1. The molecule has 9 nitrogen and oxygen atoms in total. The van der Waals surface area contributed by atoms with Crippen LogP contribution < -0.4 is 0 Å². The lowest BCUT2D eigenvalue weighted by atomic mass is 10.0. The SMILES string of the molecule is C=NN(C)/C(C#N)=C1\CN(C)C(=O)CCCn2cc(c(C(F)(F)F)n2)-c2c[nH]c3ncc1cc23. The predicted octanol–water partition coefficient (Wildman–Crippen LogP) is 3.48. The van der Waals surface area contributed by atoms with Gasteiger partial charge in [-0.05, 0) is 12.5 Å². The monoisotopic (exact) mass is 470 g/mol. The van der Waals surface area contributed by atoms with Crippen LogP contribution in [0.2, 0.25) is 0 Å². The molecule has 4 bridgehead atoms. The minimum atomic E-state index is -4.67. The van der Waals surface area contributed by atoms with Crippen molar-refractivity contribution in [3.05, 3.63) is 41.6 Å². The fraction of sp³-hybridized carbons (Fsp3) is 0.318. The lowest BCUT2D eigenvalue weighted by Crippen LogP contribution is -2.29. The minimum absolute atomic E-state index is 0.0746. The number of fused-ring (bicyclic) bond motifs is 4. The zero-order valence-corrected chi connectivity index (χ0v) is 18.5. The quantitative estimate of drug-likeness (QED) is 0.351. The molecule has 1 aliphatic heterocycles. The molecule has 12 heteroatoms. The molecule has 0 spiro atoms. The third-order valence-corrected chi connectivity index (χ3v) is 5.73. The van der Waals surface area contributed by atoms with Crippen LogP contribution in [0.3, 0.4) is 0 Å². The van der Waals surface area contributed by atoms with E-state index in [0.717, 1.165) is 0 Å². The summed E-state index contributed by atoms with van der Waals surface area (Å²) in [5.41, 5.74) is 0.623. The Morgan fingerprint density at radius 1 is 1.38 bits per heavy atom. The van der Waals surface area contributed by atoms with E-state index in [1.165, 1.54) is 33.2 Å². The number of alkyl halides is 3. The number of allylic oxidation sites excluding steroid dienone is 1. The van der Waals surface area contributed by atoms with Crippen molar-refractivity contribution in [2.45, 2.75) is 25.6 Å². The number of nitriles is 1. The molecule has 0 saturated heterocycles. The predicted molar refractivity (Wildman–Crippen MR) is 119 cm³/mol. The minimum Gasteiger partial charge on any atom is -0.346 e. The number of nitrogens with one attached hydrogen (secondary N) is 1. The number of rotatable bonds is 2. The first kappa shape index (κ1) is 23.0. The smallest absolute Gasteiger partial charge is 0.346 e. The highest BCUT2D eigenvalue weighted by molar-refractivity contribution is 5.96. The average Bonchev–Trinajstić information content (AvgIpc) is 3.41. The van der Waals surface area contributed by atoms with Gasteiger partial charge in [-0.15, -0.1) is 0 Å². The van der Waals surface area contributed by atoms with Crippen molar-refractivity contribution < 1.29 is 18.0 Å². The van der Waals surface area contributed by atoms with Gasteiger partial charge in [0.25, 0.3) is 0 Å². The van der Waals surface area contributed by atoms with Crippen LogP contribution >= 0.6 is 0 Å². The number of carbonyl (C=O) groups excluding carboxylic acids is 1. The van der Waals surface area contributed by atoms with Gasteiger partial charge in [-0.1, -0.05) is 0 Å². The van der Waals surface area contributed by atoms with E-state index >= 15 is 0 Å². The summed E-state index contributed by atoms with van der Waals surface area (Å²) >= 11 is 0. The number of halogens is 3. The number of aromatic amines is 1. The number of hydrazone groups is 1. The van der Waals surface area contributed by atoms with Gasteiger partial charge in [0.15, 0.2) is 5.69 Å². The first-order valence-electron chi connectivity index (χ1n) is 10.3. The van der Waals surface area contributed by atoms with Crippen LogP contribution in [0.1, 0.15) is 24.1 Å². The van der Waals surface area contributed by atoms with Gasteiger partial charge in [-0.2, -0.15) is 28.6 Å². The van der Waals surface area contributed by atoms with Crippen LogP contribution in [0.25, 0.3) is 27.7 Å². The second-order valence-corrected chi connectivity index (χ2v) is 7.93. The zero-order chi connectivity index (χ0) is 24.6. The lowest BCUT2D eigenvalue weighted by molar-refractivity contribution is -0.141. The molecule has 4 rings (SSSR count). The van der Waals surface area contributed by atoms with Crippen LogP contribution in [0.15, 0.2) is 35.5 Å². The van der Waals surface area contributed by atoms with Crippen LogP contribution in [0.5, 0.6) is 0 Å². The van der Waals surface area contributed by atoms with E-state index in [-0.39, 0.29) is 42.2 Å². The Kier molecular flexibility index (Phi) is 5.87. The molecule has 0 atom stereocenters. The van der Waals surface area contributed by atoms with E-state index in [0.29, 0.717) is 28.6 Å². The maximum Gasteiger partial charge on any atom is 0.435 e. The molecule has 1 aliphatic rings. The molecule has 0 aromatic carbocycles.